The van der Waals surface area contributed by atoms with E-state index in [-0.39, 0.29) is 17.5 Å². The van der Waals surface area contributed by atoms with E-state index in [4.69, 9.17) is 4.74 Å². The number of anilines is 2. The molecule has 5 heteroatoms. The van der Waals surface area contributed by atoms with Gasteiger partial charge in [-0.1, -0.05) is 43.3 Å². The molecule has 0 aromatic heterocycles. The van der Waals surface area contributed by atoms with Gasteiger partial charge >= 0.3 is 0 Å². The van der Waals surface area contributed by atoms with E-state index in [9.17, 15) is 9.59 Å². The minimum atomic E-state index is -0.371. The summed E-state index contributed by atoms with van der Waals surface area (Å²) in [6.45, 7) is 6.50. The number of carbonyl (C=O) groups excluding carboxylic acids is 2. The maximum Gasteiger partial charge on any atom is 0.282 e. The molecule has 3 aromatic carbocycles. The van der Waals surface area contributed by atoms with Crippen LogP contribution in [0.25, 0.3) is 5.57 Å². The lowest BCUT2D eigenvalue weighted by molar-refractivity contribution is -0.120. The van der Waals surface area contributed by atoms with Crippen LogP contribution >= 0.6 is 0 Å². The summed E-state index contributed by atoms with van der Waals surface area (Å²) in [5, 5.41) is 3.21. The van der Waals surface area contributed by atoms with Crippen molar-refractivity contribution in [3.63, 3.8) is 0 Å². The highest BCUT2D eigenvalue weighted by molar-refractivity contribution is 6.46. The molecule has 1 heterocycles. The second-order valence-corrected chi connectivity index (χ2v) is 7.67. The van der Waals surface area contributed by atoms with E-state index < -0.39 is 0 Å². The molecule has 0 fully saturated rings. The van der Waals surface area contributed by atoms with Crippen molar-refractivity contribution >= 4 is 28.8 Å². The third-order valence-corrected chi connectivity index (χ3v) is 5.43. The van der Waals surface area contributed by atoms with E-state index in [1.54, 1.807) is 6.07 Å². The first-order valence-electron chi connectivity index (χ1n) is 10.8. The van der Waals surface area contributed by atoms with Crippen molar-refractivity contribution < 1.29 is 14.3 Å². The van der Waals surface area contributed by atoms with Crippen LogP contribution in [0.3, 0.4) is 0 Å². The number of nitrogens with one attached hydrogen (secondary N) is 1. The summed E-state index contributed by atoms with van der Waals surface area (Å²) in [7, 11) is 0. The Kier molecular flexibility index (Phi) is 6.08. The van der Waals surface area contributed by atoms with E-state index >= 15 is 0 Å². The summed E-state index contributed by atoms with van der Waals surface area (Å²) in [6, 6.07) is 22.5. The molecule has 3 aromatic rings. The lowest BCUT2D eigenvalue weighted by Crippen LogP contribution is -2.32. The Morgan fingerprint density at radius 3 is 2.22 bits per heavy atom. The van der Waals surface area contributed by atoms with E-state index in [1.165, 1.54) is 10.5 Å². The first kappa shape index (κ1) is 21.4. The van der Waals surface area contributed by atoms with Crippen LogP contribution in [-0.4, -0.2) is 18.4 Å². The predicted octanol–water partition coefficient (Wildman–Crippen LogP) is 5.35. The molecule has 0 unspecified atom stereocenters. The largest absolute Gasteiger partial charge is 0.494 e. The van der Waals surface area contributed by atoms with Crippen molar-refractivity contribution in [2.45, 2.75) is 27.2 Å². The molecule has 0 aliphatic carbocycles. The molecule has 0 spiro atoms. The van der Waals surface area contributed by atoms with E-state index in [0.717, 1.165) is 17.7 Å². The SMILES string of the molecule is CCOc1ccc(C2=C(Nc3ccc(CC)cc3)C(=O)N(c3cccc(C)c3)C2=O)cc1. The summed E-state index contributed by atoms with van der Waals surface area (Å²) >= 11 is 0. The first-order valence-corrected chi connectivity index (χ1v) is 10.8. The number of aryl methyl sites for hydroxylation is 2. The van der Waals surface area contributed by atoms with E-state index in [2.05, 4.69) is 12.2 Å². The summed E-state index contributed by atoms with van der Waals surface area (Å²) in [5.41, 5.74) is 4.77. The molecule has 0 atom stereocenters. The summed E-state index contributed by atoms with van der Waals surface area (Å²) < 4.78 is 5.53. The highest BCUT2D eigenvalue weighted by atomic mass is 16.5. The van der Waals surface area contributed by atoms with E-state index in [1.807, 2.05) is 80.6 Å². The molecule has 2 amide bonds. The van der Waals surface area contributed by atoms with Crippen molar-refractivity contribution in [2.75, 3.05) is 16.8 Å². The van der Waals surface area contributed by atoms with Gasteiger partial charge in [-0.15, -0.1) is 0 Å². The summed E-state index contributed by atoms with van der Waals surface area (Å²) in [4.78, 5) is 28.2. The van der Waals surface area contributed by atoms with Crippen molar-refractivity contribution in [2.24, 2.45) is 0 Å². The van der Waals surface area contributed by atoms with Crippen LogP contribution in [0, 0.1) is 6.92 Å². The molecule has 1 aliphatic heterocycles. The average Bonchev–Trinajstić information content (AvgIpc) is 3.04. The van der Waals surface area contributed by atoms with Gasteiger partial charge in [-0.3, -0.25) is 9.59 Å². The molecule has 4 rings (SSSR count). The molecule has 5 nitrogen and oxygen atoms in total. The maximum atomic E-state index is 13.5. The fourth-order valence-corrected chi connectivity index (χ4v) is 3.77. The second-order valence-electron chi connectivity index (χ2n) is 7.67. The smallest absolute Gasteiger partial charge is 0.282 e. The molecular formula is C27H26N2O3. The van der Waals surface area contributed by atoms with E-state index in [0.29, 0.717) is 29.2 Å². The van der Waals surface area contributed by atoms with Gasteiger partial charge in [0.2, 0.25) is 0 Å². The molecule has 1 aliphatic rings. The zero-order valence-electron chi connectivity index (χ0n) is 18.5. The molecule has 32 heavy (non-hydrogen) atoms. The summed E-state index contributed by atoms with van der Waals surface area (Å²) in [6.07, 6.45) is 0.930. The topological polar surface area (TPSA) is 58.6 Å². The van der Waals surface area contributed by atoms with Gasteiger partial charge in [0, 0.05) is 5.69 Å². The van der Waals surface area contributed by atoms with Crippen LogP contribution in [0.2, 0.25) is 0 Å². The van der Waals surface area contributed by atoms with Gasteiger partial charge in [0.15, 0.2) is 0 Å². The van der Waals surface area contributed by atoms with Gasteiger partial charge in [0.1, 0.15) is 11.4 Å². The number of hydrogen-bond donors (Lipinski definition) is 1. The second kappa shape index (κ2) is 9.10. The highest BCUT2D eigenvalue weighted by Gasteiger charge is 2.40. The average molecular weight is 427 g/mol. The van der Waals surface area contributed by atoms with Gasteiger partial charge in [-0.05, 0) is 73.4 Å². The predicted molar refractivity (Wildman–Crippen MR) is 128 cm³/mol. The van der Waals surface area contributed by atoms with Crippen molar-refractivity contribution in [1.29, 1.82) is 0 Å². The Bertz CT molecular complexity index is 1180. The number of carbonyl (C=O) groups is 2. The van der Waals surface area contributed by atoms with Crippen molar-refractivity contribution in [1.82, 2.24) is 0 Å². The fourth-order valence-electron chi connectivity index (χ4n) is 3.77. The monoisotopic (exact) mass is 426 g/mol. The number of imide groups is 1. The van der Waals surface area contributed by atoms with Gasteiger partial charge in [-0.25, -0.2) is 4.90 Å². The van der Waals surface area contributed by atoms with Crippen LogP contribution in [-0.2, 0) is 16.0 Å². The number of ether oxygens (including phenoxy) is 1. The first-order chi connectivity index (χ1) is 15.5. The van der Waals surface area contributed by atoms with Crippen molar-refractivity contribution in [3.05, 3.63) is 95.2 Å². The quantitative estimate of drug-likeness (QED) is 0.517. The Balaban J connectivity index is 1.77. The molecule has 162 valence electrons. The number of rotatable bonds is 7. The lowest BCUT2D eigenvalue weighted by atomic mass is 10.0. The van der Waals surface area contributed by atoms with Crippen molar-refractivity contribution in [3.8, 4) is 5.75 Å². The number of hydrogen-bond acceptors (Lipinski definition) is 4. The standard InChI is InChI=1S/C27H26N2O3/c1-4-19-9-13-21(14-10-19)28-25-24(20-11-15-23(16-12-20)32-5-2)26(30)29(27(25)31)22-8-6-7-18(3)17-22/h6-17,28H,4-5H2,1-3H3. The van der Waals surface area contributed by atoms with Crippen LogP contribution in [0.5, 0.6) is 5.75 Å². The Labute approximate surface area is 188 Å². The minimum absolute atomic E-state index is 0.268. The fraction of sp³-hybridized carbons (Fsp3) is 0.185. The zero-order valence-corrected chi connectivity index (χ0v) is 18.5. The normalized spacial score (nSPS) is 13.7. The van der Waals surface area contributed by atoms with Gasteiger partial charge in [0.25, 0.3) is 11.8 Å². The number of benzene rings is 3. The van der Waals surface area contributed by atoms with Gasteiger partial charge in [-0.2, -0.15) is 0 Å². The molecule has 0 radical (unpaired) electrons. The third kappa shape index (κ3) is 4.14. The molecule has 0 bridgehead atoms. The van der Waals surface area contributed by atoms with Crippen LogP contribution in [0.15, 0.2) is 78.5 Å². The zero-order chi connectivity index (χ0) is 22.7. The highest BCUT2D eigenvalue weighted by Crippen LogP contribution is 2.34. The van der Waals surface area contributed by atoms with Crippen LogP contribution < -0.4 is 15.0 Å². The Hall–Kier alpha value is -3.86. The lowest BCUT2D eigenvalue weighted by Gasteiger charge is -2.16. The Morgan fingerprint density at radius 1 is 0.875 bits per heavy atom. The maximum absolute atomic E-state index is 13.5. The van der Waals surface area contributed by atoms with Gasteiger partial charge < -0.3 is 10.1 Å². The third-order valence-electron chi connectivity index (χ3n) is 5.43. The van der Waals surface area contributed by atoms with Crippen LogP contribution in [0.4, 0.5) is 11.4 Å². The number of amides is 2. The summed E-state index contributed by atoms with van der Waals surface area (Å²) in [5.74, 6) is -0.00434. The minimum Gasteiger partial charge on any atom is -0.494 e. The number of nitrogens with zero attached hydrogens (tertiary/aromatic N) is 1. The molecular weight excluding hydrogens is 400 g/mol. The molecule has 0 saturated carbocycles. The Morgan fingerprint density at radius 2 is 1.59 bits per heavy atom. The molecule has 1 N–H and O–H groups in total. The van der Waals surface area contributed by atoms with Crippen LogP contribution in [0.1, 0.15) is 30.5 Å². The van der Waals surface area contributed by atoms with Gasteiger partial charge in [0.05, 0.1) is 17.9 Å². The molecule has 0 saturated heterocycles.